The van der Waals surface area contributed by atoms with Crippen molar-refractivity contribution in [1.82, 2.24) is 10.3 Å². The van der Waals surface area contributed by atoms with Gasteiger partial charge in [0.25, 0.3) is 0 Å². The van der Waals surface area contributed by atoms with Crippen molar-refractivity contribution >= 4 is 11.6 Å². The summed E-state index contributed by atoms with van der Waals surface area (Å²) in [6.07, 6.45) is 3.42. The van der Waals surface area contributed by atoms with Crippen molar-refractivity contribution < 1.29 is 18.3 Å². The number of hydrogen-bond acceptors (Lipinski definition) is 5. The zero-order chi connectivity index (χ0) is 20.1. The van der Waals surface area contributed by atoms with E-state index in [1.165, 1.54) is 12.3 Å². The number of ether oxygens (including phenoxy) is 1. The Bertz CT molecular complexity index is 900. The highest BCUT2D eigenvalue weighted by molar-refractivity contribution is 5.79. The van der Waals surface area contributed by atoms with Gasteiger partial charge in [0.05, 0.1) is 35.9 Å². The molecule has 2 heterocycles. The summed E-state index contributed by atoms with van der Waals surface area (Å²) in [5.41, 5.74) is 1.60. The van der Waals surface area contributed by atoms with E-state index in [0.29, 0.717) is 29.8 Å². The fourth-order valence-corrected chi connectivity index (χ4v) is 3.09. The van der Waals surface area contributed by atoms with Crippen molar-refractivity contribution in [3.8, 4) is 6.07 Å². The smallest absolute Gasteiger partial charge is 0.226 e. The third kappa shape index (κ3) is 4.61. The van der Waals surface area contributed by atoms with Gasteiger partial charge in [-0.1, -0.05) is 6.07 Å². The van der Waals surface area contributed by atoms with E-state index in [1.54, 1.807) is 19.2 Å². The normalized spacial score (nSPS) is 19.6. The number of nitrogens with one attached hydrogen (secondary N) is 2. The molecule has 2 N–H and O–H groups in total. The topological polar surface area (TPSA) is 87.0 Å². The second-order valence-corrected chi connectivity index (χ2v) is 6.71. The monoisotopic (exact) mass is 386 g/mol. The summed E-state index contributed by atoms with van der Waals surface area (Å²) in [5.74, 6) is -2.38. The second-order valence-electron chi connectivity index (χ2n) is 6.71. The van der Waals surface area contributed by atoms with Crippen LogP contribution in [0.3, 0.4) is 0 Å². The third-order valence-electron chi connectivity index (χ3n) is 4.72. The molecule has 3 atom stereocenters. The molecular formula is C20H20F2N4O2. The van der Waals surface area contributed by atoms with Gasteiger partial charge in [0, 0.05) is 18.9 Å². The molecule has 0 bridgehead atoms. The molecule has 28 heavy (non-hydrogen) atoms. The first-order valence-electron chi connectivity index (χ1n) is 8.93. The number of anilines is 1. The van der Waals surface area contributed by atoms with Crippen molar-refractivity contribution in [1.29, 1.82) is 5.26 Å². The van der Waals surface area contributed by atoms with Crippen molar-refractivity contribution in [3.05, 3.63) is 59.4 Å². The minimum absolute atomic E-state index is 0.172. The van der Waals surface area contributed by atoms with Crippen LogP contribution in [-0.4, -0.2) is 30.1 Å². The van der Waals surface area contributed by atoms with E-state index in [2.05, 4.69) is 21.7 Å². The summed E-state index contributed by atoms with van der Waals surface area (Å²) >= 11 is 0. The molecule has 1 aromatic heterocycles. The Kier molecular flexibility index (Phi) is 6.16. The molecule has 1 aliphatic heterocycles. The molecule has 6 nitrogen and oxygen atoms in total. The van der Waals surface area contributed by atoms with Crippen LogP contribution in [0.15, 0.2) is 36.7 Å². The highest BCUT2D eigenvalue weighted by Gasteiger charge is 2.31. The van der Waals surface area contributed by atoms with Crippen molar-refractivity contribution in [3.63, 3.8) is 0 Å². The van der Waals surface area contributed by atoms with Gasteiger partial charge in [0.1, 0.15) is 6.07 Å². The molecule has 1 saturated heterocycles. The van der Waals surface area contributed by atoms with Crippen LogP contribution >= 0.6 is 0 Å². The summed E-state index contributed by atoms with van der Waals surface area (Å²) < 4.78 is 32.1. The minimum atomic E-state index is -0.943. The lowest BCUT2D eigenvalue weighted by atomic mass is 10.0. The average Bonchev–Trinajstić information content (AvgIpc) is 3.17. The maximum atomic E-state index is 13.4. The Hall–Kier alpha value is -3.05. The summed E-state index contributed by atoms with van der Waals surface area (Å²) in [5, 5.41) is 15.0. The molecule has 0 radical (unpaired) electrons. The van der Waals surface area contributed by atoms with Crippen LogP contribution in [0.5, 0.6) is 0 Å². The largest absolute Gasteiger partial charge is 0.381 e. The predicted octanol–water partition coefficient (Wildman–Crippen LogP) is 2.93. The van der Waals surface area contributed by atoms with E-state index in [-0.39, 0.29) is 24.5 Å². The number of amides is 1. The van der Waals surface area contributed by atoms with E-state index in [0.717, 1.165) is 12.1 Å². The predicted molar refractivity (Wildman–Crippen MR) is 98.2 cm³/mol. The lowest BCUT2D eigenvalue weighted by Crippen LogP contribution is -2.33. The highest BCUT2D eigenvalue weighted by atomic mass is 19.2. The first-order chi connectivity index (χ1) is 13.5. The van der Waals surface area contributed by atoms with E-state index >= 15 is 0 Å². The molecule has 0 saturated carbocycles. The van der Waals surface area contributed by atoms with Crippen LogP contribution in [0.4, 0.5) is 14.5 Å². The number of carbonyl (C=O) groups is 1. The van der Waals surface area contributed by atoms with Crippen molar-refractivity contribution in [2.75, 3.05) is 18.5 Å². The average molecular weight is 386 g/mol. The molecule has 2 aromatic rings. The molecule has 8 heteroatoms. The lowest BCUT2D eigenvalue weighted by molar-refractivity contribution is -0.125. The van der Waals surface area contributed by atoms with Gasteiger partial charge in [-0.3, -0.25) is 9.78 Å². The van der Waals surface area contributed by atoms with E-state index in [4.69, 9.17) is 10.00 Å². The minimum Gasteiger partial charge on any atom is -0.381 e. The number of aromatic nitrogens is 1. The van der Waals surface area contributed by atoms with Gasteiger partial charge in [-0.25, -0.2) is 8.78 Å². The number of nitriles is 1. The first kappa shape index (κ1) is 19.7. The van der Waals surface area contributed by atoms with Gasteiger partial charge in [-0.2, -0.15) is 5.26 Å². The number of rotatable bonds is 6. The lowest BCUT2D eigenvalue weighted by Gasteiger charge is -2.17. The van der Waals surface area contributed by atoms with Crippen molar-refractivity contribution in [2.45, 2.75) is 25.5 Å². The summed E-state index contributed by atoms with van der Waals surface area (Å²) in [6, 6.07) is 6.90. The van der Waals surface area contributed by atoms with Gasteiger partial charge >= 0.3 is 0 Å². The Labute approximate surface area is 161 Å². The highest BCUT2D eigenvalue weighted by Crippen LogP contribution is 2.23. The number of hydrogen-bond donors (Lipinski definition) is 2. The zero-order valence-corrected chi connectivity index (χ0v) is 15.3. The SMILES string of the molecule is CC(NC(=O)[C@@H]1CO[C@H](CNc2ccncc2C#N)C1)c1ccc(F)c(F)c1. The zero-order valence-electron chi connectivity index (χ0n) is 15.3. The van der Waals surface area contributed by atoms with E-state index < -0.39 is 17.7 Å². The Morgan fingerprint density at radius 1 is 1.39 bits per heavy atom. The number of nitrogens with zero attached hydrogens (tertiary/aromatic N) is 2. The van der Waals surface area contributed by atoms with Crippen LogP contribution in [0.1, 0.15) is 30.5 Å². The molecule has 1 fully saturated rings. The van der Waals surface area contributed by atoms with Crippen molar-refractivity contribution in [2.24, 2.45) is 5.92 Å². The Morgan fingerprint density at radius 3 is 2.96 bits per heavy atom. The van der Waals surface area contributed by atoms with E-state index in [9.17, 15) is 13.6 Å². The van der Waals surface area contributed by atoms with Gasteiger partial charge < -0.3 is 15.4 Å². The molecule has 1 aromatic carbocycles. The van der Waals surface area contributed by atoms with Gasteiger partial charge in [-0.05, 0) is 37.1 Å². The fraction of sp³-hybridized carbons (Fsp3) is 0.350. The maximum absolute atomic E-state index is 13.4. The van der Waals surface area contributed by atoms with Gasteiger partial charge in [-0.15, -0.1) is 0 Å². The molecule has 3 rings (SSSR count). The van der Waals surface area contributed by atoms with Crippen LogP contribution < -0.4 is 10.6 Å². The number of halogens is 2. The maximum Gasteiger partial charge on any atom is 0.226 e. The molecule has 1 aliphatic rings. The number of benzene rings is 1. The van der Waals surface area contributed by atoms with Gasteiger partial charge in [0.15, 0.2) is 11.6 Å². The number of carbonyl (C=O) groups excluding carboxylic acids is 1. The van der Waals surface area contributed by atoms with Gasteiger partial charge in [0.2, 0.25) is 5.91 Å². The van der Waals surface area contributed by atoms with E-state index in [1.807, 2.05) is 0 Å². The number of pyridine rings is 1. The van der Waals surface area contributed by atoms with Crippen LogP contribution in [0.2, 0.25) is 0 Å². The Morgan fingerprint density at radius 2 is 2.21 bits per heavy atom. The third-order valence-corrected chi connectivity index (χ3v) is 4.72. The standard InChI is InChI=1S/C20H20F2N4O2/c1-12(13-2-3-17(21)18(22)7-13)26-20(27)14-6-16(28-11-14)10-25-19-4-5-24-9-15(19)8-23/h2-5,7,9,12,14,16H,6,10-11H2,1H3,(H,24,25)(H,26,27)/t12?,14-,16-/m0/s1. The Balaban J connectivity index is 1.51. The molecule has 1 unspecified atom stereocenters. The van der Waals surface area contributed by atoms with Crippen LogP contribution in [-0.2, 0) is 9.53 Å². The quantitative estimate of drug-likeness (QED) is 0.797. The summed E-state index contributed by atoms with van der Waals surface area (Å²) in [7, 11) is 0. The summed E-state index contributed by atoms with van der Waals surface area (Å²) in [6.45, 7) is 2.46. The fourth-order valence-electron chi connectivity index (χ4n) is 3.09. The summed E-state index contributed by atoms with van der Waals surface area (Å²) in [4.78, 5) is 16.4. The molecule has 0 spiro atoms. The molecule has 0 aliphatic carbocycles. The molecular weight excluding hydrogens is 366 g/mol. The molecule has 1 amide bonds. The first-order valence-corrected chi connectivity index (χ1v) is 8.93. The van der Waals surface area contributed by atoms with Crippen LogP contribution in [0, 0.1) is 28.9 Å². The van der Waals surface area contributed by atoms with Crippen LogP contribution in [0.25, 0.3) is 0 Å². The second kappa shape index (κ2) is 8.76. The molecule has 146 valence electrons.